The Morgan fingerprint density at radius 2 is 1.89 bits per heavy atom. The molecule has 1 aliphatic carbocycles. The molecule has 0 aromatic heterocycles. The van der Waals surface area contributed by atoms with E-state index in [4.69, 9.17) is 20.2 Å². The Kier molecular flexibility index (Phi) is 11.6. The molecule has 9 nitrogen and oxygen atoms in total. The average molecular weight is 668 g/mol. The molecule has 0 spiro atoms. The minimum Gasteiger partial charge on any atom is -0.504 e. The summed E-state index contributed by atoms with van der Waals surface area (Å²) in [5.41, 5.74) is 10.1. The van der Waals surface area contributed by atoms with Crippen LogP contribution in [0.3, 0.4) is 0 Å². The van der Waals surface area contributed by atoms with Crippen LogP contribution in [0.4, 0.5) is 0 Å². The number of benzene rings is 2. The van der Waals surface area contributed by atoms with E-state index in [1.165, 1.54) is 13.2 Å². The molecule has 3 aliphatic rings. The molecule has 0 amide bonds. The van der Waals surface area contributed by atoms with Crippen molar-refractivity contribution >= 4 is 33.3 Å². The Hall–Kier alpha value is -3.20. The number of ether oxygens (including phenoxy) is 2. The zero-order chi connectivity index (χ0) is 32.8. The summed E-state index contributed by atoms with van der Waals surface area (Å²) in [6.07, 6.45) is 1.83. The molecule has 2 bridgehead atoms. The summed E-state index contributed by atoms with van der Waals surface area (Å²) in [5.74, 6) is 10.2. The third-order valence-corrected chi connectivity index (χ3v) is 11.7. The molecular formula is C35H45N3O6S2. The monoisotopic (exact) mass is 667 g/mol. The lowest BCUT2D eigenvalue weighted by Gasteiger charge is -2.33. The summed E-state index contributed by atoms with van der Waals surface area (Å²) in [5, 5.41) is 36.1. The van der Waals surface area contributed by atoms with E-state index in [9.17, 15) is 20.1 Å². The van der Waals surface area contributed by atoms with Crippen LogP contribution in [-0.4, -0.2) is 71.0 Å². The Morgan fingerprint density at radius 3 is 2.67 bits per heavy atom. The third-order valence-electron chi connectivity index (χ3n) is 9.15. The van der Waals surface area contributed by atoms with Crippen LogP contribution in [0.2, 0.25) is 0 Å². The van der Waals surface area contributed by atoms with Crippen LogP contribution in [0.5, 0.6) is 23.0 Å². The highest BCUT2D eigenvalue weighted by Gasteiger charge is 2.32. The summed E-state index contributed by atoms with van der Waals surface area (Å²) in [6.45, 7) is 5.39. The number of hydrogen-bond donors (Lipinski definition) is 5. The minimum absolute atomic E-state index is 0.0334. The second-order valence-electron chi connectivity index (χ2n) is 12.7. The van der Waals surface area contributed by atoms with Crippen LogP contribution in [0.1, 0.15) is 60.9 Å². The Bertz CT molecular complexity index is 1520. The quantitative estimate of drug-likeness (QED) is 0.236. The SMILES string of the molecule is COc1c(O)ccc2c1C#CCc1cc(c3c(c1O)OCC(C1CN=C(N)NC(C(C)C)CSSC1)C3)CCC(O)CC(=O)CC2. The second kappa shape index (κ2) is 15.6. The number of rotatable bonds is 3. The molecule has 46 heavy (non-hydrogen) atoms. The second-order valence-corrected chi connectivity index (χ2v) is 15.3. The van der Waals surface area contributed by atoms with Crippen molar-refractivity contribution in [3.63, 3.8) is 0 Å². The smallest absolute Gasteiger partial charge is 0.188 e. The third kappa shape index (κ3) is 8.20. The summed E-state index contributed by atoms with van der Waals surface area (Å²) < 4.78 is 11.8. The number of nitrogens with zero attached hydrogens (tertiary/aromatic N) is 1. The number of aliphatic hydroxyl groups is 1. The number of methoxy groups -OCH3 is 1. The number of ketones is 1. The molecule has 4 unspecified atom stereocenters. The zero-order valence-corrected chi connectivity index (χ0v) is 28.4. The number of phenolic OH excluding ortho intramolecular Hbond substituents is 2. The van der Waals surface area contributed by atoms with E-state index in [1.807, 2.05) is 27.7 Å². The highest BCUT2D eigenvalue weighted by molar-refractivity contribution is 8.76. The van der Waals surface area contributed by atoms with Gasteiger partial charge in [-0.25, -0.2) is 0 Å². The Balaban J connectivity index is 1.45. The molecule has 11 heteroatoms. The van der Waals surface area contributed by atoms with Gasteiger partial charge in [0.25, 0.3) is 0 Å². The van der Waals surface area contributed by atoms with Gasteiger partial charge in [-0.15, -0.1) is 0 Å². The van der Waals surface area contributed by atoms with Gasteiger partial charge in [0.1, 0.15) is 5.78 Å². The summed E-state index contributed by atoms with van der Waals surface area (Å²) >= 11 is 0. The molecule has 2 aromatic rings. The lowest BCUT2D eigenvalue weighted by atomic mass is 9.82. The van der Waals surface area contributed by atoms with Crippen molar-refractivity contribution < 1.29 is 29.6 Å². The fraction of sp³-hybridized carbons (Fsp3) is 0.543. The number of nitrogens with two attached hydrogens (primary N) is 1. The lowest BCUT2D eigenvalue weighted by molar-refractivity contribution is -0.121. The molecule has 2 aromatic carbocycles. The minimum atomic E-state index is -0.790. The van der Waals surface area contributed by atoms with Gasteiger partial charge in [0.05, 0.1) is 25.4 Å². The van der Waals surface area contributed by atoms with Gasteiger partial charge in [-0.3, -0.25) is 9.79 Å². The van der Waals surface area contributed by atoms with Crippen LogP contribution in [-0.2, 0) is 30.5 Å². The molecule has 4 atom stereocenters. The van der Waals surface area contributed by atoms with Crippen molar-refractivity contribution in [1.29, 1.82) is 0 Å². The highest BCUT2D eigenvalue weighted by atomic mass is 33.1. The molecule has 0 radical (unpaired) electrons. The maximum absolute atomic E-state index is 12.8. The number of aryl methyl sites for hydroxylation is 2. The molecule has 2 aliphatic heterocycles. The molecular weight excluding hydrogens is 623 g/mol. The number of aliphatic imine (C=N–C) groups is 1. The van der Waals surface area contributed by atoms with Crippen molar-refractivity contribution in [1.82, 2.24) is 5.32 Å². The van der Waals surface area contributed by atoms with Crippen molar-refractivity contribution in [2.75, 3.05) is 31.8 Å². The van der Waals surface area contributed by atoms with Gasteiger partial charge in [-0.2, -0.15) is 0 Å². The van der Waals surface area contributed by atoms with Gasteiger partial charge in [-0.05, 0) is 54.7 Å². The fourth-order valence-electron chi connectivity index (χ4n) is 6.25. The highest BCUT2D eigenvalue weighted by Crippen LogP contribution is 2.44. The number of nitrogens with one attached hydrogen (secondary N) is 1. The Morgan fingerprint density at radius 1 is 1.09 bits per heavy atom. The number of phenols is 2. The molecule has 0 fully saturated rings. The van der Waals surface area contributed by atoms with Crippen LogP contribution >= 0.6 is 21.6 Å². The maximum Gasteiger partial charge on any atom is 0.188 e. The van der Waals surface area contributed by atoms with E-state index >= 15 is 0 Å². The predicted molar refractivity (Wildman–Crippen MR) is 185 cm³/mol. The fourth-order valence-corrected chi connectivity index (χ4v) is 9.16. The number of aromatic hydroxyl groups is 2. The topological polar surface area (TPSA) is 147 Å². The van der Waals surface area contributed by atoms with Gasteiger partial charge >= 0.3 is 0 Å². The summed E-state index contributed by atoms with van der Waals surface area (Å²) in [7, 11) is 5.18. The van der Waals surface area contributed by atoms with E-state index in [-0.39, 0.29) is 60.2 Å². The van der Waals surface area contributed by atoms with Gasteiger partial charge < -0.3 is 35.8 Å². The number of carbonyl (C=O) groups is 1. The summed E-state index contributed by atoms with van der Waals surface area (Å²) in [6, 6.07) is 5.52. The number of aliphatic hydroxyl groups excluding tert-OH is 1. The van der Waals surface area contributed by atoms with E-state index in [0.29, 0.717) is 67.6 Å². The van der Waals surface area contributed by atoms with Gasteiger partial charge in [-0.1, -0.05) is 59.4 Å². The molecule has 2 heterocycles. The molecule has 6 N–H and O–H groups in total. The van der Waals surface area contributed by atoms with Gasteiger partial charge in [0.15, 0.2) is 29.0 Å². The van der Waals surface area contributed by atoms with Crippen LogP contribution in [0.25, 0.3) is 0 Å². The molecule has 248 valence electrons. The van der Waals surface area contributed by atoms with Crippen LogP contribution < -0.4 is 20.5 Å². The van der Waals surface area contributed by atoms with E-state index < -0.39 is 6.10 Å². The number of Topliss-reactive ketones (excluding diaryl/α,β-unsaturated/α-hetero) is 1. The van der Waals surface area contributed by atoms with Crippen molar-refractivity contribution in [2.24, 2.45) is 28.5 Å². The van der Waals surface area contributed by atoms with E-state index in [1.54, 1.807) is 6.07 Å². The first-order valence-corrected chi connectivity index (χ1v) is 18.5. The largest absolute Gasteiger partial charge is 0.504 e. The molecule has 0 saturated heterocycles. The van der Waals surface area contributed by atoms with Crippen LogP contribution in [0, 0.1) is 29.6 Å². The normalized spacial score (nSPS) is 24.4. The van der Waals surface area contributed by atoms with Crippen molar-refractivity contribution in [3.05, 3.63) is 46.0 Å². The first kappa shape index (κ1) is 34.1. The Labute approximate surface area is 279 Å². The van der Waals surface area contributed by atoms with Crippen LogP contribution in [0.15, 0.2) is 23.2 Å². The van der Waals surface area contributed by atoms with Gasteiger partial charge in [0.2, 0.25) is 0 Å². The molecule has 0 saturated carbocycles. The first-order chi connectivity index (χ1) is 22.1. The lowest BCUT2D eigenvalue weighted by Crippen LogP contribution is -2.45. The number of carbonyl (C=O) groups excluding carboxylic acids is 1. The van der Waals surface area contributed by atoms with E-state index in [2.05, 4.69) is 31.0 Å². The van der Waals surface area contributed by atoms with Crippen molar-refractivity contribution in [2.45, 2.75) is 70.9 Å². The summed E-state index contributed by atoms with van der Waals surface area (Å²) in [4.78, 5) is 17.6. The maximum atomic E-state index is 12.8. The number of hydrogen-bond acceptors (Lipinski definition) is 11. The van der Waals surface area contributed by atoms with Crippen molar-refractivity contribution in [3.8, 4) is 34.8 Å². The zero-order valence-electron chi connectivity index (χ0n) is 26.8. The standard InChI is InChI=1S/C35H45N3O6S2/c1-20(2)30-19-46-45-18-25(16-37-35(36)38-30)24-14-29-22-8-11-27(40)15-26(39)10-7-21-9-12-31(41)33(43-3)28(21)6-4-5-23(13-22)32(42)34(29)44-17-24/h9,12-13,20,24-25,27,30,40-42H,5,7-8,10-11,14-19H2,1-3H3,(H3,36,37,38). The van der Waals surface area contributed by atoms with E-state index in [0.717, 1.165) is 28.2 Å². The average Bonchev–Trinajstić information content (AvgIpc) is 3.03. The van der Waals surface area contributed by atoms with Gasteiger partial charge in [0, 0.05) is 60.4 Å². The predicted octanol–water partition coefficient (Wildman–Crippen LogP) is 4.39. The number of guanidine groups is 1. The molecule has 5 rings (SSSR count). The first-order valence-electron chi connectivity index (χ1n) is 16.0. The number of fused-ring (bicyclic) bond motifs is 5.